The van der Waals surface area contributed by atoms with Gasteiger partial charge in [0.1, 0.15) is 0 Å². The van der Waals surface area contributed by atoms with Gasteiger partial charge in [-0.1, -0.05) is 96.8 Å². The van der Waals surface area contributed by atoms with Crippen molar-refractivity contribution in [3.63, 3.8) is 0 Å². The lowest BCUT2D eigenvalue weighted by molar-refractivity contribution is -0.153. The smallest absolute Gasteiger partial charge is 0.307 e. The average molecular weight is 417 g/mol. The van der Waals surface area contributed by atoms with Gasteiger partial charge in [0.25, 0.3) is 0 Å². The van der Waals surface area contributed by atoms with Crippen LogP contribution in [0.5, 0.6) is 0 Å². The van der Waals surface area contributed by atoms with E-state index in [4.69, 9.17) is 4.74 Å². The summed E-state index contributed by atoms with van der Waals surface area (Å²) in [5.41, 5.74) is 0. The zero-order valence-corrected chi connectivity index (χ0v) is 19.3. The molecule has 0 aromatic rings. The van der Waals surface area contributed by atoms with E-state index in [1.807, 2.05) is 11.8 Å². The minimum Gasteiger partial charge on any atom is -0.442 e. The highest BCUT2D eigenvalue weighted by Crippen LogP contribution is 2.14. The van der Waals surface area contributed by atoms with Gasteiger partial charge in [-0.15, -0.1) is 12.4 Å². The van der Waals surface area contributed by atoms with E-state index < -0.39 is 0 Å². The molecule has 0 aromatic carbocycles. The average Bonchev–Trinajstić information content (AvgIpc) is 3.20. The summed E-state index contributed by atoms with van der Waals surface area (Å²) in [7, 11) is 0. The number of carbonyl (C=O) groups excluding carboxylic acids is 1. The van der Waals surface area contributed by atoms with E-state index in [1.165, 1.54) is 83.5 Å². The number of rotatable bonds is 18. The Morgan fingerprint density at radius 3 is 1.79 bits per heavy atom. The van der Waals surface area contributed by atoms with Gasteiger partial charge in [0.05, 0.1) is 12.9 Å². The Morgan fingerprint density at radius 2 is 1.36 bits per heavy atom. The fraction of sp³-hybridized carbons (Fsp3) is 0.913. The predicted molar refractivity (Wildman–Crippen MR) is 122 cm³/mol. The number of nitrogens with zero attached hydrogens (tertiary/aromatic N) is 2. The van der Waals surface area contributed by atoms with Crippen LogP contribution in [-0.4, -0.2) is 36.5 Å². The fourth-order valence-corrected chi connectivity index (χ4v) is 3.63. The van der Waals surface area contributed by atoms with E-state index in [2.05, 4.69) is 11.9 Å². The molecule has 0 N–H and O–H groups in total. The number of ether oxygens (including phenoxy) is 1. The first kappa shape index (κ1) is 27.2. The maximum atomic E-state index is 11.9. The molecule has 4 nitrogen and oxygen atoms in total. The van der Waals surface area contributed by atoms with Crippen molar-refractivity contribution < 1.29 is 9.53 Å². The Hall–Kier alpha value is -0.770. The van der Waals surface area contributed by atoms with Crippen molar-refractivity contribution in [3.05, 3.63) is 0 Å². The Labute approximate surface area is 180 Å². The molecule has 0 fully saturated rings. The molecule has 1 aliphatic rings. The van der Waals surface area contributed by atoms with Crippen molar-refractivity contribution in [3.8, 4) is 0 Å². The van der Waals surface area contributed by atoms with Crippen LogP contribution >= 0.6 is 12.4 Å². The molecule has 166 valence electrons. The van der Waals surface area contributed by atoms with Gasteiger partial charge in [-0.2, -0.15) is 0 Å². The lowest BCUT2D eigenvalue weighted by Gasteiger charge is -2.22. The van der Waals surface area contributed by atoms with Crippen LogP contribution in [0.3, 0.4) is 0 Å². The summed E-state index contributed by atoms with van der Waals surface area (Å²) in [5, 5.41) is 0. The number of unbranched alkanes of at least 4 members (excludes halogenated alkanes) is 14. The summed E-state index contributed by atoms with van der Waals surface area (Å²) in [6, 6.07) is 0. The van der Waals surface area contributed by atoms with Crippen LogP contribution in [0.1, 0.15) is 117 Å². The van der Waals surface area contributed by atoms with Crippen LogP contribution in [0.15, 0.2) is 4.99 Å². The normalized spacial score (nSPS) is 14.1. The monoisotopic (exact) mass is 416 g/mol. The number of carbonyl (C=O) groups is 1. The SMILES string of the molecule is CCCCCCCCCCCCCCCCCC(=O)OC(C)N1C=NCC1.Cl. The van der Waals surface area contributed by atoms with Gasteiger partial charge in [-0.25, -0.2) is 0 Å². The highest BCUT2D eigenvalue weighted by atomic mass is 35.5. The number of hydrogen-bond acceptors (Lipinski definition) is 4. The van der Waals surface area contributed by atoms with E-state index >= 15 is 0 Å². The van der Waals surface area contributed by atoms with E-state index in [1.54, 1.807) is 6.34 Å². The van der Waals surface area contributed by atoms with Crippen LogP contribution < -0.4 is 0 Å². The second kappa shape index (κ2) is 19.5. The highest BCUT2D eigenvalue weighted by molar-refractivity contribution is 5.85. The summed E-state index contributed by atoms with van der Waals surface area (Å²) in [6.45, 7) is 5.86. The molecule has 0 aromatic heterocycles. The molecule has 1 unspecified atom stereocenters. The molecule has 0 saturated heterocycles. The standard InChI is InChI=1S/C23H44N2O2.ClH/c1-3-4-5-6-7-8-9-10-11-12-13-14-15-16-17-18-23(26)27-22(2)25-20-19-24-21-25;/h21-22H,3-20H2,1-2H3;1H. The van der Waals surface area contributed by atoms with Crippen LogP contribution in [0.4, 0.5) is 0 Å². The molecule has 1 aliphatic heterocycles. The van der Waals surface area contributed by atoms with Crippen LogP contribution in [-0.2, 0) is 9.53 Å². The maximum absolute atomic E-state index is 11.9. The van der Waals surface area contributed by atoms with Crippen molar-refractivity contribution in [1.29, 1.82) is 0 Å². The van der Waals surface area contributed by atoms with Crippen LogP contribution in [0.2, 0.25) is 0 Å². The third-order valence-corrected chi connectivity index (χ3v) is 5.47. The van der Waals surface area contributed by atoms with Crippen LogP contribution in [0.25, 0.3) is 0 Å². The van der Waals surface area contributed by atoms with Gasteiger partial charge in [0.15, 0.2) is 6.23 Å². The van der Waals surface area contributed by atoms with E-state index in [-0.39, 0.29) is 24.6 Å². The molecule has 28 heavy (non-hydrogen) atoms. The van der Waals surface area contributed by atoms with E-state index in [0.29, 0.717) is 6.42 Å². The van der Waals surface area contributed by atoms with Gasteiger partial charge in [0, 0.05) is 13.0 Å². The fourth-order valence-electron chi connectivity index (χ4n) is 3.63. The molecule has 1 heterocycles. The topological polar surface area (TPSA) is 41.9 Å². The van der Waals surface area contributed by atoms with Gasteiger partial charge in [0.2, 0.25) is 0 Å². The number of halogens is 1. The minimum atomic E-state index is -0.180. The molecule has 0 spiro atoms. The molecule has 0 saturated carbocycles. The van der Waals surface area contributed by atoms with Gasteiger partial charge >= 0.3 is 5.97 Å². The molecular formula is C23H45ClN2O2. The van der Waals surface area contributed by atoms with Crippen molar-refractivity contribution in [2.75, 3.05) is 13.1 Å². The zero-order valence-electron chi connectivity index (χ0n) is 18.5. The Bertz CT molecular complexity index is 391. The summed E-state index contributed by atoms with van der Waals surface area (Å²) < 4.78 is 5.45. The quantitative estimate of drug-likeness (QED) is 0.180. The summed E-state index contributed by atoms with van der Waals surface area (Å²) in [4.78, 5) is 18.0. The number of hydrogen-bond donors (Lipinski definition) is 0. The van der Waals surface area contributed by atoms with Crippen molar-refractivity contribution >= 4 is 24.7 Å². The second-order valence-electron chi connectivity index (χ2n) is 8.05. The third-order valence-electron chi connectivity index (χ3n) is 5.47. The van der Waals surface area contributed by atoms with Gasteiger partial charge in [-0.3, -0.25) is 9.79 Å². The third kappa shape index (κ3) is 15.2. The van der Waals surface area contributed by atoms with Gasteiger partial charge in [-0.05, 0) is 13.3 Å². The van der Waals surface area contributed by atoms with E-state index in [9.17, 15) is 4.79 Å². The minimum absolute atomic E-state index is 0. The number of aliphatic imine (C=N–C) groups is 1. The summed E-state index contributed by atoms with van der Waals surface area (Å²) >= 11 is 0. The van der Waals surface area contributed by atoms with Crippen molar-refractivity contribution in [1.82, 2.24) is 4.90 Å². The number of esters is 1. The lowest BCUT2D eigenvalue weighted by atomic mass is 10.0. The molecule has 5 heteroatoms. The lowest BCUT2D eigenvalue weighted by Crippen LogP contribution is -2.34. The first-order valence-corrected chi connectivity index (χ1v) is 11.7. The Balaban J connectivity index is 0.00000729. The van der Waals surface area contributed by atoms with Crippen molar-refractivity contribution in [2.24, 2.45) is 4.99 Å². The molecular weight excluding hydrogens is 372 g/mol. The zero-order chi connectivity index (χ0) is 19.6. The second-order valence-corrected chi connectivity index (χ2v) is 8.05. The Kier molecular flexibility index (Phi) is 19.0. The largest absolute Gasteiger partial charge is 0.442 e. The maximum Gasteiger partial charge on any atom is 0.307 e. The molecule has 1 atom stereocenters. The first-order chi connectivity index (χ1) is 13.2. The molecule has 1 rings (SSSR count). The molecule has 0 bridgehead atoms. The summed E-state index contributed by atoms with van der Waals surface area (Å²) in [6.07, 6.45) is 22.3. The first-order valence-electron chi connectivity index (χ1n) is 11.7. The summed E-state index contributed by atoms with van der Waals surface area (Å²) in [5.74, 6) is -0.0718. The predicted octanol–water partition coefficient (Wildman–Crippen LogP) is 6.90. The molecule has 0 aliphatic carbocycles. The molecule has 0 radical (unpaired) electrons. The van der Waals surface area contributed by atoms with Crippen molar-refractivity contribution in [2.45, 2.75) is 123 Å². The van der Waals surface area contributed by atoms with Gasteiger partial charge < -0.3 is 9.64 Å². The molecule has 0 amide bonds. The Morgan fingerprint density at radius 1 is 0.893 bits per heavy atom. The van der Waals surface area contributed by atoms with Crippen LogP contribution in [0, 0.1) is 0 Å². The highest BCUT2D eigenvalue weighted by Gasteiger charge is 2.17. The van der Waals surface area contributed by atoms with E-state index in [0.717, 1.165) is 25.9 Å².